The number of para-hydroxylation sites is 1. The summed E-state index contributed by atoms with van der Waals surface area (Å²) < 4.78 is 0.931. The fourth-order valence-corrected chi connectivity index (χ4v) is 5.47. The van der Waals surface area contributed by atoms with Gasteiger partial charge in [-0.1, -0.05) is 72.1 Å². The van der Waals surface area contributed by atoms with E-state index in [0.717, 1.165) is 27.1 Å². The van der Waals surface area contributed by atoms with E-state index in [-0.39, 0.29) is 11.2 Å². The van der Waals surface area contributed by atoms with E-state index in [0.29, 0.717) is 5.13 Å². The first-order chi connectivity index (χ1) is 13.2. The highest BCUT2D eigenvalue weighted by Crippen LogP contribution is 2.36. The van der Waals surface area contributed by atoms with Crippen LogP contribution in [0.2, 0.25) is 0 Å². The fraction of sp³-hybridized carbons (Fsp3) is 0.150. The second-order valence-corrected chi connectivity index (χ2v) is 9.36. The molecular weight excluding hydrogens is 394 g/mol. The minimum absolute atomic E-state index is 0.0591. The molecule has 4 rings (SSSR count). The molecule has 0 radical (unpaired) electrons. The molecule has 1 aliphatic rings. The summed E-state index contributed by atoms with van der Waals surface area (Å²) in [5, 5.41) is 5.26. The molecule has 0 aliphatic carbocycles. The lowest BCUT2D eigenvalue weighted by atomic mass is 10.2. The number of rotatable bonds is 4. The van der Waals surface area contributed by atoms with Gasteiger partial charge in [-0.2, -0.15) is 0 Å². The van der Waals surface area contributed by atoms with Crippen molar-refractivity contribution in [3.63, 3.8) is 0 Å². The topological polar surface area (TPSA) is 54.4 Å². The number of thiazole rings is 1. The van der Waals surface area contributed by atoms with E-state index in [9.17, 15) is 4.79 Å². The van der Waals surface area contributed by atoms with Gasteiger partial charge in [-0.25, -0.2) is 9.98 Å². The van der Waals surface area contributed by atoms with Gasteiger partial charge in [0.1, 0.15) is 4.38 Å². The number of hydrogen-bond acceptors (Lipinski definition) is 6. The summed E-state index contributed by atoms with van der Waals surface area (Å²) in [5.41, 5.74) is 4.15. The lowest BCUT2D eigenvalue weighted by Gasteiger charge is -2.16. The molecule has 0 fully saturated rings. The first-order valence-corrected chi connectivity index (χ1v) is 11.2. The van der Waals surface area contributed by atoms with Gasteiger partial charge >= 0.3 is 0 Å². The third-order valence-corrected chi connectivity index (χ3v) is 7.06. The molecule has 1 aliphatic heterocycles. The zero-order valence-electron chi connectivity index (χ0n) is 14.6. The van der Waals surface area contributed by atoms with Gasteiger partial charge in [-0.3, -0.25) is 4.79 Å². The van der Waals surface area contributed by atoms with Crippen molar-refractivity contribution in [1.82, 2.24) is 4.98 Å². The van der Waals surface area contributed by atoms with E-state index in [2.05, 4.69) is 21.4 Å². The van der Waals surface area contributed by atoms with Crippen LogP contribution in [0.5, 0.6) is 0 Å². The summed E-state index contributed by atoms with van der Waals surface area (Å²) in [6.07, 6.45) is 0. The largest absolute Gasteiger partial charge is 0.301 e. The molecule has 27 heavy (non-hydrogen) atoms. The zero-order valence-corrected chi connectivity index (χ0v) is 17.0. The van der Waals surface area contributed by atoms with Crippen LogP contribution in [0.15, 0.2) is 65.0 Å². The number of hydrogen-bond donors (Lipinski definition) is 1. The minimum atomic E-state index is -0.245. The molecule has 0 spiro atoms. The second kappa shape index (κ2) is 8.29. The fourth-order valence-electron chi connectivity index (χ4n) is 2.56. The van der Waals surface area contributed by atoms with Gasteiger partial charge in [0.15, 0.2) is 5.13 Å². The van der Waals surface area contributed by atoms with Gasteiger partial charge < -0.3 is 5.32 Å². The van der Waals surface area contributed by atoms with Crippen molar-refractivity contribution in [2.45, 2.75) is 17.9 Å². The van der Waals surface area contributed by atoms with Gasteiger partial charge in [-0.05, 0) is 18.6 Å². The van der Waals surface area contributed by atoms with E-state index < -0.39 is 0 Å². The Morgan fingerprint density at radius 3 is 2.78 bits per heavy atom. The summed E-state index contributed by atoms with van der Waals surface area (Å²) in [6, 6.07) is 18.1. The normalized spacial score (nSPS) is 14.2. The molecule has 136 valence electrons. The number of aliphatic imine (C=N–C) groups is 1. The lowest BCUT2D eigenvalue weighted by molar-refractivity contribution is -0.115. The van der Waals surface area contributed by atoms with Gasteiger partial charge in [0.2, 0.25) is 5.91 Å². The molecule has 4 nitrogen and oxygen atoms in total. The molecule has 2 aromatic carbocycles. The lowest BCUT2D eigenvalue weighted by Crippen LogP contribution is -2.23. The van der Waals surface area contributed by atoms with Crippen molar-refractivity contribution >= 4 is 56.0 Å². The Morgan fingerprint density at radius 1 is 1.15 bits per heavy atom. The molecule has 7 heteroatoms. The van der Waals surface area contributed by atoms with Gasteiger partial charge in [0.05, 0.1) is 16.6 Å². The van der Waals surface area contributed by atoms with Crippen LogP contribution in [0, 0.1) is 0 Å². The van der Waals surface area contributed by atoms with Crippen molar-refractivity contribution in [2.24, 2.45) is 4.99 Å². The number of carbonyl (C=O) groups excluding carboxylic acids is 1. The molecule has 0 saturated heterocycles. The standard InChI is InChI=1S/C20H17N3OS3/c1-13(27-20-22-16-10-6-5-9-15(16)11-26-20)18(24)23-19-21-17(12-25-19)14-7-3-2-4-8-14/h2-10,12-13H,11H2,1H3,(H,21,23,24)/t13-/m1/s1. The maximum absolute atomic E-state index is 12.5. The van der Waals surface area contributed by atoms with Crippen molar-refractivity contribution in [3.05, 3.63) is 65.5 Å². The highest BCUT2D eigenvalue weighted by atomic mass is 32.2. The summed E-state index contributed by atoms with van der Waals surface area (Å²) in [6.45, 7) is 1.90. The maximum Gasteiger partial charge on any atom is 0.239 e. The first kappa shape index (κ1) is 18.3. The van der Waals surface area contributed by atoms with E-state index in [4.69, 9.17) is 0 Å². The summed E-state index contributed by atoms with van der Waals surface area (Å²) >= 11 is 4.61. The molecule has 1 N–H and O–H groups in total. The number of nitrogens with one attached hydrogen (secondary N) is 1. The molecule has 3 aromatic rings. The van der Waals surface area contributed by atoms with E-state index in [1.165, 1.54) is 28.7 Å². The maximum atomic E-state index is 12.5. The predicted octanol–water partition coefficient (Wildman–Crippen LogP) is 5.80. The predicted molar refractivity (Wildman–Crippen MR) is 118 cm³/mol. The number of amides is 1. The molecule has 0 bridgehead atoms. The molecule has 0 saturated carbocycles. The highest BCUT2D eigenvalue weighted by molar-refractivity contribution is 8.39. The number of nitrogens with zero attached hydrogens (tertiary/aromatic N) is 2. The SMILES string of the molecule is C[C@@H](SC1=Nc2ccccc2CS1)C(=O)Nc1nc(-c2ccccc2)cs1. The highest BCUT2D eigenvalue weighted by Gasteiger charge is 2.21. The summed E-state index contributed by atoms with van der Waals surface area (Å²) in [4.78, 5) is 21.7. The Morgan fingerprint density at radius 2 is 1.93 bits per heavy atom. The second-order valence-electron chi connectivity index (χ2n) is 5.95. The van der Waals surface area contributed by atoms with Crippen LogP contribution in [-0.2, 0) is 10.5 Å². The quantitative estimate of drug-likeness (QED) is 0.589. The van der Waals surface area contributed by atoms with Crippen LogP contribution in [0.25, 0.3) is 11.3 Å². The van der Waals surface area contributed by atoms with E-state index in [1.807, 2.05) is 60.8 Å². The molecular formula is C20H17N3OS3. The van der Waals surface area contributed by atoms with Crippen LogP contribution in [-0.4, -0.2) is 20.5 Å². The summed E-state index contributed by atoms with van der Waals surface area (Å²) in [7, 11) is 0. The summed E-state index contributed by atoms with van der Waals surface area (Å²) in [5.74, 6) is 0.833. The average Bonchev–Trinajstić information content (AvgIpc) is 3.17. The van der Waals surface area contributed by atoms with Gasteiger partial charge in [-0.15, -0.1) is 11.3 Å². The van der Waals surface area contributed by atoms with Gasteiger partial charge in [0, 0.05) is 16.7 Å². The van der Waals surface area contributed by atoms with Crippen LogP contribution in [0.4, 0.5) is 10.8 Å². The van der Waals surface area contributed by atoms with Crippen LogP contribution < -0.4 is 5.32 Å². The molecule has 1 amide bonds. The Labute approximate surface area is 170 Å². The number of benzene rings is 2. The molecule has 2 heterocycles. The number of aromatic nitrogens is 1. The minimum Gasteiger partial charge on any atom is -0.301 e. The number of thioether (sulfide) groups is 2. The Hall–Kier alpha value is -2.09. The third-order valence-electron chi connectivity index (χ3n) is 4.01. The van der Waals surface area contributed by atoms with Crippen LogP contribution in [0.3, 0.4) is 0 Å². The Balaban J connectivity index is 1.39. The molecule has 0 unspecified atom stereocenters. The van der Waals surface area contributed by atoms with Crippen LogP contribution >= 0.6 is 34.9 Å². The van der Waals surface area contributed by atoms with E-state index in [1.54, 1.807) is 11.8 Å². The van der Waals surface area contributed by atoms with Gasteiger partial charge in [0.25, 0.3) is 0 Å². The van der Waals surface area contributed by atoms with Crippen molar-refractivity contribution < 1.29 is 4.79 Å². The van der Waals surface area contributed by atoms with Crippen molar-refractivity contribution in [1.29, 1.82) is 0 Å². The zero-order chi connectivity index (χ0) is 18.6. The molecule has 1 atom stereocenters. The Bertz CT molecular complexity index is 985. The third kappa shape index (κ3) is 4.43. The van der Waals surface area contributed by atoms with Crippen molar-refractivity contribution in [2.75, 3.05) is 5.32 Å². The molecule has 1 aromatic heterocycles. The van der Waals surface area contributed by atoms with Crippen LogP contribution in [0.1, 0.15) is 12.5 Å². The first-order valence-electron chi connectivity index (χ1n) is 8.47. The smallest absolute Gasteiger partial charge is 0.239 e. The average molecular weight is 412 g/mol. The monoisotopic (exact) mass is 411 g/mol. The number of anilines is 1. The number of fused-ring (bicyclic) bond motifs is 1. The van der Waals surface area contributed by atoms with E-state index >= 15 is 0 Å². The number of carbonyl (C=O) groups is 1. The van der Waals surface area contributed by atoms with Crippen molar-refractivity contribution in [3.8, 4) is 11.3 Å². The Kier molecular flexibility index (Phi) is 5.61.